The highest BCUT2D eigenvalue weighted by molar-refractivity contribution is 5.85. The summed E-state index contributed by atoms with van der Waals surface area (Å²) in [6.07, 6.45) is 5.50. The van der Waals surface area contributed by atoms with Gasteiger partial charge in [-0.15, -0.1) is 0 Å². The van der Waals surface area contributed by atoms with Crippen LogP contribution in [0.2, 0.25) is 0 Å². The second-order valence-corrected chi connectivity index (χ2v) is 5.15. The molecule has 3 N–H and O–H groups in total. The van der Waals surface area contributed by atoms with E-state index >= 15 is 0 Å². The molecule has 14 heavy (non-hydrogen) atoms. The second-order valence-electron chi connectivity index (χ2n) is 5.15. The number of amides is 1. The van der Waals surface area contributed by atoms with E-state index in [1.807, 2.05) is 0 Å². The molecule has 2 atom stereocenters. The van der Waals surface area contributed by atoms with E-state index in [0.29, 0.717) is 12.0 Å². The largest absolute Gasteiger partial charge is 0.353 e. The standard InChI is InChI=1S/C11H20N2O/c1-11(4-5-11)10(14)13-9-3-2-8(6-9)7-12/h8-9H,2-7,12H2,1H3,(H,13,14). The fourth-order valence-electron chi connectivity index (χ4n) is 2.19. The molecule has 0 heterocycles. The first-order valence-electron chi connectivity index (χ1n) is 5.65. The van der Waals surface area contributed by atoms with E-state index in [9.17, 15) is 4.79 Å². The van der Waals surface area contributed by atoms with Crippen molar-refractivity contribution < 1.29 is 4.79 Å². The summed E-state index contributed by atoms with van der Waals surface area (Å²) >= 11 is 0. The number of hydrogen-bond acceptors (Lipinski definition) is 2. The van der Waals surface area contributed by atoms with Gasteiger partial charge in [-0.25, -0.2) is 0 Å². The Balaban J connectivity index is 1.78. The fourth-order valence-corrected chi connectivity index (χ4v) is 2.19. The summed E-state index contributed by atoms with van der Waals surface area (Å²) in [4.78, 5) is 11.7. The van der Waals surface area contributed by atoms with Gasteiger partial charge in [0.1, 0.15) is 0 Å². The zero-order valence-corrected chi connectivity index (χ0v) is 8.88. The molecule has 2 aliphatic rings. The summed E-state index contributed by atoms with van der Waals surface area (Å²) in [5, 5.41) is 3.15. The molecule has 0 aromatic heterocycles. The molecular weight excluding hydrogens is 176 g/mol. The van der Waals surface area contributed by atoms with Crippen molar-refractivity contribution in [1.82, 2.24) is 5.32 Å². The van der Waals surface area contributed by atoms with Gasteiger partial charge in [-0.1, -0.05) is 6.92 Å². The minimum absolute atomic E-state index is 0.0270. The maximum Gasteiger partial charge on any atom is 0.226 e. The first-order valence-corrected chi connectivity index (χ1v) is 5.65. The van der Waals surface area contributed by atoms with Gasteiger partial charge in [0, 0.05) is 11.5 Å². The van der Waals surface area contributed by atoms with Crippen molar-refractivity contribution in [1.29, 1.82) is 0 Å². The van der Waals surface area contributed by atoms with E-state index in [2.05, 4.69) is 12.2 Å². The Hall–Kier alpha value is -0.570. The van der Waals surface area contributed by atoms with Crippen molar-refractivity contribution in [3.63, 3.8) is 0 Å². The third-order valence-electron chi connectivity index (χ3n) is 3.76. The molecule has 2 rings (SSSR count). The van der Waals surface area contributed by atoms with E-state index in [-0.39, 0.29) is 11.3 Å². The molecular formula is C11H20N2O. The minimum Gasteiger partial charge on any atom is -0.353 e. The zero-order chi connectivity index (χ0) is 10.2. The number of rotatable bonds is 3. The van der Waals surface area contributed by atoms with Crippen LogP contribution in [0.25, 0.3) is 0 Å². The maximum absolute atomic E-state index is 11.7. The van der Waals surface area contributed by atoms with Crippen LogP contribution in [0.3, 0.4) is 0 Å². The van der Waals surface area contributed by atoms with Gasteiger partial charge in [0.05, 0.1) is 0 Å². The van der Waals surface area contributed by atoms with Gasteiger partial charge in [-0.3, -0.25) is 4.79 Å². The molecule has 0 spiro atoms. The van der Waals surface area contributed by atoms with Crippen LogP contribution in [0, 0.1) is 11.3 Å². The third-order valence-corrected chi connectivity index (χ3v) is 3.76. The molecule has 2 aliphatic carbocycles. The first kappa shape index (κ1) is 9.97. The van der Waals surface area contributed by atoms with Crippen molar-refractivity contribution in [3.8, 4) is 0 Å². The highest BCUT2D eigenvalue weighted by Crippen LogP contribution is 2.45. The molecule has 80 valence electrons. The predicted molar refractivity (Wildman–Crippen MR) is 55.7 cm³/mol. The summed E-state index contributed by atoms with van der Waals surface area (Å²) in [5.41, 5.74) is 5.59. The van der Waals surface area contributed by atoms with Crippen LogP contribution in [-0.2, 0) is 4.79 Å². The first-order chi connectivity index (χ1) is 6.64. The van der Waals surface area contributed by atoms with Crippen LogP contribution in [0.15, 0.2) is 0 Å². The Morgan fingerprint density at radius 3 is 2.71 bits per heavy atom. The molecule has 3 nitrogen and oxygen atoms in total. The number of carbonyl (C=O) groups excluding carboxylic acids is 1. The lowest BCUT2D eigenvalue weighted by Gasteiger charge is -2.16. The molecule has 0 aliphatic heterocycles. The Kier molecular flexibility index (Phi) is 2.52. The quantitative estimate of drug-likeness (QED) is 0.708. The van der Waals surface area contributed by atoms with Gasteiger partial charge >= 0.3 is 0 Å². The summed E-state index contributed by atoms with van der Waals surface area (Å²) < 4.78 is 0. The summed E-state index contributed by atoms with van der Waals surface area (Å²) in [6, 6.07) is 0.397. The highest BCUT2D eigenvalue weighted by atomic mass is 16.2. The summed E-state index contributed by atoms with van der Waals surface area (Å²) in [7, 11) is 0. The van der Waals surface area contributed by atoms with Crippen molar-refractivity contribution >= 4 is 5.91 Å². The highest BCUT2D eigenvalue weighted by Gasteiger charge is 2.45. The Bertz CT molecular complexity index is 235. The van der Waals surface area contributed by atoms with Gasteiger partial charge in [-0.2, -0.15) is 0 Å². The van der Waals surface area contributed by atoms with Crippen molar-refractivity contribution in [2.75, 3.05) is 6.54 Å². The Morgan fingerprint density at radius 1 is 1.50 bits per heavy atom. The van der Waals surface area contributed by atoms with Gasteiger partial charge in [-0.05, 0) is 44.6 Å². The number of carbonyl (C=O) groups is 1. The fraction of sp³-hybridized carbons (Fsp3) is 0.909. The van der Waals surface area contributed by atoms with Crippen molar-refractivity contribution in [2.45, 2.75) is 45.1 Å². The van der Waals surface area contributed by atoms with Crippen LogP contribution in [0.5, 0.6) is 0 Å². The molecule has 1 amide bonds. The van der Waals surface area contributed by atoms with Crippen LogP contribution >= 0.6 is 0 Å². The van der Waals surface area contributed by atoms with Gasteiger partial charge in [0.25, 0.3) is 0 Å². The van der Waals surface area contributed by atoms with E-state index in [1.165, 1.54) is 6.42 Å². The zero-order valence-electron chi connectivity index (χ0n) is 8.88. The number of nitrogens with one attached hydrogen (secondary N) is 1. The molecule has 0 bridgehead atoms. The van der Waals surface area contributed by atoms with Crippen molar-refractivity contribution in [2.24, 2.45) is 17.1 Å². The molecule has 0 aromatic rings. The molecule has 2 saturated carbocycles. The second kappa shape index (κ2) is 3.54. The SMILES string of the molecule is CC1(C(=O)NC2CCC(CN)C2)CC1. The molecule has 0 radical (unpaired) electrons. The van der Waals surface area contributed by atoms with E-state index < -0.39 is 0 Å². The molecule has 2 unspecified atom stereocenters. The van der Waals surface area contributed by atoms with E-state index in [4.69, 9.17) is 5.73 Å². The molecule has 0 saturated heterocycles. The Morgan fingerprint density at radius 2 is 2.21 bits per heavy atom. The molecule has 2 fully saturated rings. The van der Waals surface area contributed by atoms with Crippen molar-refractivity contribution in [3.05, 3.63) is 0 Å². The van der Waals surface area contributed by atoms with E-state index in [0.717, 1.165) is 32.2 Å². The third kappa shape index (κ3) is 1.92. The lowest BCUT2D eigenvalue weighted by atomic mass is 10.1. The Labute approximate surface area is 85.4 Å². The average Bonchev–Trinajstić information content (AvgIpc) is 2.77. The van der Waals surface area contributed by atoms with Crippen LogP contribution in [0.4, 0.5) is 0 Å². The minimum atomic E-state index is -0.0270. The van der Waals surface area contributed by atoms with Crippen LogP contribution < -0.4 is 11.1 Å². The topological polar surface area (TPSA) is 55.1 Å². The van der Waals surface area contributed by atoms with Gasteiger partial charge < -0.3 is 11.1 Å². The summed E-state index contributed by atoms with van der Waals surface area (Å²) in [6.45, 7) is 2.82. The maximum atomic E-state index is 11.7. The monoisotopic (exact) mass is 196 g/mol. The van der Waals surface area contributed by atoms with Crippen LogP contribution in [-0.4, -0.2) is 18.5 Å². The normalized spacial score (nSPS) is 34.1. The summed E-state index contributed by atoms with van der Waals surface area (Å²) in [5.74, 6) is 0.896. The van der Waals surface area contributed by atoms with Gasteiger partial charge in [0.2, 0.25) is 5.91 Å². The van der Waals surface area contributed by atoms with Gasteiger partial charge in [0.15, 0.2) is 0 Å². The lowest BCUT2D eigenvalue weighted by Crippen LogP contribution is -2.37. The average molecular weight is 196 g/mol. The lowest BCUT2D eigenvalue weighted by molar-refractivity contribution is -0.126. The molecule has 3 heteroatoms. The predicted octanol–water partition coefficient (Wildman–Crippen LogP) is 1.03. The smallest absolute Gasteiger partial charge is 0.226 e. The molecule has 0 aromatic carbocycles. The van der Waals surface area contributed by atoms with E-state index in [1.54, 1.807) is 0 Å². The number of nitrogens with two attached hydrogens (primary N) is 1. The van der Waals surface area contributed by atoms with Crippen LogP contribution in [0.1, 0.15) is 39.0 Å². The number of hydrogen-bond donors (Lipinski definition) is 2.